The van der Waals surface area contributed by atoms with Crippen molar-refractivity contribution in [3.8, 4) is 0 Å². The standard InChI is InChI=1S/C8H9N3O4/c9-6-3-4(7(12)10-14)1-2-5(6)8(13)11-15/h1-3,14-15H,9H2,(H,10,12)(H,11,13). The summed E-state index contributed by atoms with van der Waals surface area (Å²) in [6.45, 7) is 0. The van der Waals surface area contributed by atoms with Crippen LogP contribution in [0.5, 0.6) is 0 Å². The Morgan fingerprint density at radius 2 is 1.73 bits per heavy atom. The summed E-state index contributed by atoms with van der Waals surface area (Å²) in [5.41, 5.74) is 8.45. The van der Waals surface area contributed by atoms with Gasteiger partial charge in [0, 0.05) is 11.3 Å². The van der Waals surface area contributed by atoms with Crippen LogP contribution in [0.4, 0.5) is 5.69 Å². The molecule has 0 aromatic heterocycles. The van der Waals surface area contributed by atoms with Gasteiger partial charge in [0.2, 0.25) is 0 Å². The number of nitrogens with one attached hydrogen (secondary N) is 2. The van der Waals surface area contributed by atoms with Gasteiger partial charge in [-0.1, -0.05) is 0 Å². The molecule has 0 aliphatic carbocycles. The highest BCUT2D eigenvalue weighted by molar-refractivity contribution is 6.01. The van der Waals surface area contributed by atoms with Crippen LogP contribution in [0.15, 0.2) is 18.2 Å². The summed E-state index contributed by atoms with van der Waals surface area (Å²) in [6.07, 6.45) is 0. The molecule has 1 aromatic rings. The minimum atomic E-state index is -0.775. The number of benzene rings is 1. The molecule has 0 heterocycles. The molecular formula is C8H9N3O4. The Hall–Kier alpha value is -2.12. The molecule has 7 nitrogen and oxygen atoms in total. The molecule has 0 bridgehead atoms. The highest BCUT2D eigenvalue weighted by Gasteiger charge is 2.11. The van der Waals surface area contributed by atoms with E-state index in [0.29, 0.717) is 0 Å². The first kappa shape index (κ1) is 11.0. The van der Waals surface area contributed by atoms with E-state index in [1.54, 1.807) is 0 Å². The molecule has 0 aliphatic rings. The Bertz CT molecular complexity index is 405. The summed E-state index contributed by atoms with van der Waals surface area (Å²) in [5.74, 6) is -1.51. The van der Waals surface area contributed by atoms with E-state index in [1.165, 1.54) is 29.2 Å². The number of hydroxylamine groups is 2. The Balaban J connectivity index is 3.08. The van der Waals surface area contributed by atoms with Crippen LogP contribution in [-0.2, 0) is 0 Å². The lowest BCUT2D eigenvalue weighted by Gasteiger charge is -2.05. The van der Waals surface area contributed by atoms with Crippen LogP contribution in [0, 0.1) is 0 Å². The van der Waals surface area contributed by atoms with Crippen molar-refractivity contribution in [1.29, 1.82) is 0 Å². The third-order valence-electron chi connectivity index (χ3n) is 1.76. The molecule has 7 heteroatoms. The van der Waals surface area contributed by atoms with Gasteiger partial charge in [0.25, 0.3) is 11.8 Å². The Morgan fingerprint density at radius 1 is 1.13 bits per heavy atom. The number of amides is 2. The van der Waals surface area contributed by atoms with Crippen LogP contribution in [-0.4, -0.2) is 22.2 Å². The van der Waals surface area contributed by atoms with Crippen molar-refractivity contribution in [2.24, 2.45) is 0 Å². The van der Waals surface area contributed by atoms with E-state index >= 15 is 0 Å². The van der Waals surface area contributed by atoms with Gasteiger partial charge in [-0.25, -0.2) is 11.0 Å². The van der Waals surface area contributed by atoms with Crippen LogP contribution in [0.3, 0.4) is 0 Å². The summed E-state index contributed by atoms with van der Waals surface area (Å²) in [7, 11) is 0. The molecule has 6 N–H and O–H groups in total. The van der Waals surface area contributed by atoms with Crippen molar-refractivity contribution in [2.75, 3.05) is 5.73 Å². The van der Waals surface area contributed by atoms with Gasteiger partial charge in [0.1, 0.15) is 0 Å². The summed E-state index contributed by atoms with van der Waals surface area (Å²) in [5, 5.41) is 16.7. The van der Waals surface area contributed by atoms with Crippen LogP contribution < -0.4 is 16.7 Å². The minimum absolute atomic E-state index is 0.0163. The number of hydrogen-bond donors (Lipinski definition) is 5. The Morgan fingerprint density at radius 3 is 2.20 bits per heavy atom. The minimum Gasteiger partial charge on any atom is -0.398 e. The van der Waals surface area contributed by atoms with Gasteiger partial charge in [-0.3, -0.25) is 20.0 Å². The molecule has 0 saturated carbocycles. The molecule has 80 valence electrons. The molecule has 1 aromatic carbocycles. The van der Waals surface area contributed by atoms with Crippen LogP contribution in [0.25, 0.3) is 0 Å². The van der Waals surface area contributed by atoms with Gasteiger partial charge in [0.15, 0.2) is 0 Å². The maximum absolute atomic E-state index is 11.0. The molecule has 0 unspecified atom stereocenters. The first-order chi connectivity index (χ1) is 7.10. The monoisotopic (exact) mass is 211 g/mol. The van der Waals surface area contributed by atoms with Crippen LogP contribution in [0.2, 0.25) is 0 Å². The molecule has 15 heavy (non-hydrogen) atoms. The summed E-state index contributed by atoms with van der Waals surface area (Å²) >= 11 is 0. The van der Waals surface area contributed by atoms with Crippen LogP contribution >= 0.6 is 0 Å². The van der Waals surface area contributed by atoms with Crippen molar-refractivity contribution in [2.45, 2.75) is 0 Å². The number of hydrogen-bond acceptors (Lipinski definition) is 5. The summed E-state index contributed by atoms with van der Waals surface area (Å²) < 4.78 is 0. The van der Waals surface area contributed by atoms with Gasteiger partial charge < -0.3 is 5.73 Å². The quantitative estimate of drug-likeness (QED) is 0.256. The normalized spacial score (nSPS) is 9.47. The van der Waals surface area contributed by atoms with Gasteiger partial charge in [-0.15, -0.1) is 0 Å². The van der Waals surface area contributed by atoms with Crippen molar-refractivity contribution >= 4 is 17.5 Å². The van der Waals surface area contributed by atoms with E-state index in [4.69, 9.17) is 16.1 Å². The van der Waals surface area contributed by atoms with Gasteiger partial charge in [-0.2, -0.15) is 0 Å². The first-order valence-corrected chi connectivity index (χ1v) is 3.88. The lowest BCUT2D eigenvalue weighted by molar-refractivity contribution is 0.0698. The number of rotatable bonds is 2. The van der Waals surface area contributed by atoms with E-state index in [2.05, 4.69) is 0 Å². The fourth-order valence-electron chi connectivity index (χ4n) is 1.04. The number of nitrogens with two attached hydrogens (primary N) is 1. The number of anilines is 1. The summed E-state index contributed by atoms with van der Waals surface area (Å²) in [4.78, 5) is 21.9. The van der Waals surface area contributed by atoms with E-state index in [-0.39, 0.29) is 16.8 Å². The van der Waals surface area contributed by atoms with E-state index in [9.17, 15) is 9.59 Å². The predicted octanol–water partition coefficient (Wildman–Crippen LogP) is -0.493. The zero-order valence-electron chi connectivity index (χ0n) is 7.52. The van der Waals surface area contributed by atoms with E-state index in [1.807, 2.05) is 0 Å². The number of nitrogen functional groups attached to an aromatic ring is 1. The number of carbonyl (C=O) groups is 2. The maximum Gasteiger partial charge on any atom is 0.276 e. The van der Waals surface area contributed by atoms with E-state index in [0.717, 1.165) is 0 Å². The second kappa shape index (κ2) is 4.40. The lowest BCUT2D eigenvalue weighted by Crippen LogP contribution is -2.22. The van der Waals surface area contributed by atoms with Crippen molar-refractivity contribution in [3.63, 3.8) is 0 Å². The fourth-order valence-corrected chi connectivity index (χ4v) is 1.04. The predicted molar refractivity (Wildman–Crippen MR) is 49.4 cm³/mol. The SMILES string of the molecule is Nc1cc(C(=O)NO)ccc1C(=O)NO. The molecule has 0 spiro atoms. The van der Waals surface area contributed by atoms with Crippen molar-refractivity contribution in [1.82, 2.24) is 11.0 Å². The second-order valence-corrected chi connectivity index (χ2v) is 2.68. The fraction of sp³-hybridized carbons (Fsp3) is 0. The topological polar surface area (TPSA) is 125 Å². The average molecular weight is 211 g/mol. The lowest BCUT2D eigenvalue weighted by atomic mass is 10.1. The molecule has 0 aliphatic heterocycles. The van der Waals surface area contributed by atoms with Crippen LogP contribution in [0.1, 0.15) is 20.7 Å². The Labute approximate surface area is 84.4 Å². The molecule has 0 atom stereocenters. The third-order valence-corrected chi connectivity index (χ3v) is 1.76. The zero-order valence-corrected chi connectivity index (χ0v) is 7.52. The van der Waals surface area contributed by atoms with Gasteiger partial charge in [0.05, 0.1) is 5.56 Å². The molecular weight excluding hydrogens is 202 g/mol. The molecule has 1 rings (SSSR count). The molecule has 2 amide bonds. The van der Waals surface area contributed by atoms with Gasteiger partial charge >= 0.3 is 0 Å². The molecule has 0 radical (unpaired) electrons. The second-order valence-electron chi connectivity index (χ2n) is 2.68. The highest BCUT2D eigenvalue weighted by Crippen LogP contribution is 2.14. The van der Waals surface area contributed by atoms with E-state index < -0.39 is 11.8 Å². The zero-order chi connectivity index (χ0) is 11.4. The smallest absolute Gasteiger partial charge is 0.276 e. The van der Waals surface area contributed by atoms with Crippen molar-refractivity contribution in [3.05, 3.63) is 29.3 Å². The average Bonchev–Trinajstić information content (AvgIpc) is 2.26. The summed E-state index contributed by atoms with van der Waals surface area (Å²) in [6, 6.07) is 3.74. The Kier molecular flexibility index (Phi) is 3.21. The largest absolute Gasteiger partial charge is 0.398 e. The molecule has 0 saturated heterocycles. The highest BCUT2D eigenvalue weighted by atomic mass is 16.5. The number of carbonyl (C=O) groups excluding carboxylic acids is 2. The maximum atomic E-state index is 11.0. The first-order valence-electron chi connectivity index (χ1n) is 3.88. The molecule has 0 fully saturated rings. The third kappa shape index (κ3) is 2.22. The van der Waals surface area contributed by atoms with Crippen molar-refractivity contribution < 1.29 is 20.0 Å². The van der Waals surface area contributed by atoms with Gasteiger partial charge in [-0.05, 0) is 18.2 Å².